The largest absolute Gasteiger partial charge is 0.497 e. The molecule has 0 bridgehead atoms. The number of benzene rings is 2. The number of hydrogen-bond donors (Lipinski definition) is 2. The number of methoxy groups -OCH3 is 2. The van der Waals surface area contributed by atoms with Crippen LogP contribution in [0.25, 0.3) is 0 Å². The Bertz CT molecular complexity index is 804. The van der Waals surface area contributed by atoms with Gasteiger partial charge in [-0.15, -0.1) is 0 Å². The Hall–Kier alpha value is -3.22. The summed E-state index contributed by atoms with van der Waals surface area (Å²) in [6.45, 7) is 0.110. The zero-order valence-electron chi connectivity index (χ0n) is 16.7. The number of aryl methyl sites for hydroxylation is 1. The second-order valence-electron chi connectivity index (χ2n) is 6.45. The third kappa shape index (κ3) is 6.19. The number of carbonyl (C=O) groups is 2. The minimum absolute atomic E-state index is 0.104. The van der Waals surface area contributed by atoms with Crippen LogP contribution < -0.4 is 20.1 Å². The van der Waals surface area contributed by atoms with Gasteiger partial charge in [0.1, 0.15) is 11.5 Å². The molecular weight excluding hydrogens is 358 g/mol. The van der Waals surface area contributed by atoms with Gasteiger partial charge in [-0.25, -0.2) is 0 Å². The molecule has 0 saturated heterocycles. The first kappa shape index (κ1) is 21.1. The van der Waals surface area contributed by atoms with Crippen molar-refractivity contribution in [2.24, 2.45) is 0 Å². The monoisotopic (exact) mass is 385 g/mol. The molecule has 7 heteroatoms. The number of amides is 2. The number of nitrogens with one attached hydrogen (secondary N) is 2. The van der Waals surface area contributed by atoms with Gasteiger partial charge < -0.3 is 25.0 Å². The summed E-state index contributed by atoms with van der Waals surface area (Å²) in [5.74, 6) is 1.09. The number of hydrogen-bond acceptors (Lipinski definition) is 5. The highest BCUT2D eigenvalue weighted by Crippen LogP contribution is 2.28. The van der Waals surface area contributed by atoms with Crippen LogP contribution in [0.15, 0.2) is 42.5 Å². The number of carbonyl (C=O) groups excluding carboxylic acids is 2. The molecular formula is C21H27N3O4. The third-order valence-electron chi connectivity index (χ3n) is 4.21. The van der Waals surface area contributed by atoms with Crippen LogP contribution in [0.3, 0.4) is 0 Å². The Labute approximate surface area is 165 Å². The van der Waals surface area contributed by atoms with Gasteiger partial charge in [-0.1, -0.05) is 12.1 Å². The normalized spacial score (nSPS) is 10.1. The summed E-state index contributed by atoms with van der Waals surface area (Å²) in [7, 11) is 6.61. The number of anilines is 2. The van der Waals surface area contributed by atoms with Crippen LogP contribution in [0.4, 0.5) is 11.4 Å². The van der Waals surface area contributed by atoms with Crippen LogP contribution in [-0.2, 0) is 16.0 Å². The van der Waals surface area contributed by atoms with Crippen LogP contribution >= 0.6 is 0 Å². The Kier molecular flexibility index (Phi) is 7.68. The summed E-state index contributed by atoms with van der Waals surface area (Å²) in [5, 5.41) is 5.89. The van der Waals surface area contributed by atoms with Gasteiger partial charge in [-0.3, -0.25) is 9.59 Å². The van der Waals surface area contributed by atoms with Crippen molar-refractivity contribution in [2.45, 2.75) is 12.8 Å². The Morgan fingerprint density at radius 1 is 1.00 bits per heavy atom. The van der Waals surface area contributed by atoms with Gasteiger partial charge in [0.15, 0.2) is 0 Å². The summed E-state index contributed by atoms with van der Waals surface area (Å²) < 4.78 is 10.4. The van der Waals surface area contributed by atoms with Crippen LogP contribution in [0.1, 0.15) is 12.0 Å². The van der Waals surface area contributed by atoms with E-state index in [9.17, 15) is 9.59 Å². The average molecular weight is 385 g/mol. The number of rotatable bonds is 9. The van der Waals surface area contributed by atoms with Gasteiger partial charge in [0.25, 0.3) is 0 Å². The standard InChI is InChI=1S/C21H27N3O4/c1-24(2)21(26)12-7-15-5-8-16(9-6-15)22-14-20(25)23-18-13-17(27-3)10-11-19(18)28-4/h5-6,8-11,13,22H,7,12,14H2,1-4H3,(H,23,25). The fourth-order valence-corrected chi connectivity index (χ4v) is 2.55. The molecule has 2 rings (SSSR count). The summed E-state index contributed by atoms with van der Waals surface area (Å²) in [6, 6.07) is 12.9. The maximum atomic E-state index is 12.2. The summed E-state index contributed by atoms with van der Waals surface area (Å²) in [5.41, 5.74) is 2.45. The van der Waals surface area contributed by atoms with E-state index in [0.717, 1.165) is 11.3 Å². The van der Waals surface area contributed by atoms with Gasteiger partial charge in [0.05, 0.1) is 26.5 Å². The molecule has 0 aliphatic rings. The molecule has 0 spiro atoms. The molecule has 0 aliphatic heterocycles. The van der Waals surface area contributed by atoms with Crippen molar-refractivity contribution in [2.75, 3.05) is 45.5 Å². The van der Waals surface area contributed by atoms with E-state index in [1.807, 2.05) is 24.3 Å². The first-order valence-electron chi connectivity index (χ1n) is 8.97. The van der Waals surface area contributed by atoms with Crippen LogP contribution in [0.2, 0.25) is 0 Å². The van der Waals surface area contributed by atoms with E-state index in [0.29, 0.717) is 30.0 Å². The van der Waals surface area contributed by atoms with E-state index in [1.165, 1.54) is 0 Å². The maximum Gasteiger partial charge on any atom is 0.243 e. The molecule has 7 nitrogen and oxygen atoms in total. The molecule has 0 aromatic heterocycles. The molecule has 2 N–H and O–H groups in total. The summed E-state index contributed by atoms with van der Waals surface area (Å²) in [6.07, 6.45) is 1.16. The van der Waals surface area contributed by atoms with Crippen LogP contribution in [-0.4, -0.2) is 51.6 Å². The average Bonchev–Trinajstić information content (AvgIpc) is 2.71. The SMILES string of the molecule is COc1ccc(OC)c(NC(=O)CNc2ccc(CCC(=O)N(C)C)cc2)c1. The van der Waals surface area contributed by atoms with Crippen molar-refractivity contribution in [1.29, 1.82) is 0 Å². The van der Waals surface area contributed by atoms with Crippen molar-refractivity contribution in [3.63, 3.8) is 0 Å². The quantitative estimate of drug-likeness (QED) is 0.694. The highest BCUT2D eigenvalue weighted by Gasteiger charge is 2.09. The third-order valence-corrected chi connectivity index (χ3v) is 4.21. The second-order valence-corrected chi connectivity index (χ2v) is 6.45. The van der Waals surface area contributed by atoms with E-state index >= 15 is 0 Å². The van der Waals surface area contributed by atoms with E-state index in [-0.39, 0.29) is 18.4 Å². The molecule has 2 aromatic rings. The fraction of sp³-hybridized carbons (Fsp3) is 0.333. The number of nitrogens with zero attached hydrogens (tertiary/aromatic N) is 1. The maximum absolute atomic E-state index is 12.2. The lowest BCUT2D eigenvalue weighted by atomic mass is 10.1. The van der Waals surface area contributed by atoms with Gasteiger partial charge in [-0.2, -0.15) is 0 Å². The summed E-state index contributed by atoms with van der Waals surface area (Å²) >= 11 is 0. The van der Waals surface area contributed by atoms with E-state index in [4.69, 9.17) is 9.47 Å². The van der Waals surface area contributed by atoms with Gasteiger partial charge in [0, 0.05) is 32.3 Å². The molecule has 2 aromatic carbocycles. The lowest BCUT2D eigenvalue weighted by Crippen LogP contribution is -2.22. The van der Waals surface area contributed by atoms with Crippen molar-refractivity contribution in [3.8, 4) is 11.5 Å². The first-order chi connectivity index (χ1) is 13.4. The van der Waals surface area contributed by atoms with Crippen molar-refractivity contribution in [1.82, 2.24) is 4.90 Å². The first-order valence-corrected chi connectivity index (χ1v) is 8.97. The van der Waals surface area contributed by atoms with Gasteiger partial charge >= 0.3 is 0 Å². The van der Waals surface area contributed by atoms with Crippen LogP contribution in [0, 0.1) is 0 Å². The number of ether oxygens (including phenoxy) is 2. The molecule has 0 fully saturated rings. The zero-order valence-corrected chi connectivity index (χ0v) is 16.7. The molecule has 28 heavy (non-hydrogen) atoms. The summed E-state index contributed by atoms with van der Waals surface area (Å²) in [4.78, 5) is 25.5. The van der Waals surface area contributed by atoms with Gasteiger partial charge in [0.2, 0.25) is 11.8 Å². The highest BCUT2D eigenvalue weighted by molar-refractivity contribution is 5.95. The Morgan fingerprint density at radius 3 is 2.32 bits per heavy atom. The fourth-order valence-electron chi connectivity index (χ4n) is 2.55. The Balaban J connectivity index is 1.87. The molecule has 0 aliphatic carbocycles. The van der Waals surface area contributed by atoms with E-state index < -0.39 is 0 Å². The molecule has 150 valence electrons. The molecule has 0 saturated carbocycles. The second kappa shape index (κ2) is 10.2. The predicted molar refractivity (Wildman–Crippen MR) is 110 cm³/mol. The molecule has 2 amide bonds. The Morgan fingerprint density at radius 2 is 1.71 bits per heavy atom. The lowest BCUT2D eigenvalue weighted by molar-refractivity contribution is -0.128. The van der Waals surface area contributed by atoms with Crippen molar-refractivity contribution >= 4 is 23.2 Å². The van der Waals surface area contributed by atoms with Crippen molar-refractivity contribution in [3.05, 3.63) is 48.0 Å². The van der Waals surface area contributed by atoms with Crippen molar-refractivity contribution < 1.29 is 19.1 Å². The van der Waals surface area contributed by atoms with E-state index in [1.54, 1.807) is 51.4 Å². The molecule has 0 heterocycles. The molecule has 0 unspecified atom stereocenters. The lowest BCUT2D eigenvalue weighted by Gasteiger charge is -2.13. The zero-order chi connectivity index (χ0) is 20.5. The minimum Gasteiger partial charge on any atom is -0.497 e. The molecule has 0 atom stereocenters. The van der Waals surface area contributed by atoms with Gasteiger partial charge in [-0.05, 0) is 36.2 Å². The molecule has 0 radical (unpaired) electrons. The topological polar surface area (TPSA) is 79.9 Å². The highest BCUT2D eigenvalue weighted by atomic mass is 16.5. The van der Waals surface area contributed by atoms with E-state index in [2.05, 4.69) is 10.6 Å². The minimum atomic E-state index is -0.202. The predicted octanol–water partition coefficient (Wildman–Crippen LogP) is 2.78. The van der Waals surface area contributed by atoms with Crippen LogP contribution in [0.5, 0.6) is 11.5 Å². The smallest absolute Gasteiger partial charge is 0.243 e.